The van der Waals surface area contributed by atoms with Crippen molar-refractivity contribution in [1.29, 1.82) is 5.26 Å². The van der Waals surface area contributed by atoms with E-state index in [1.165, 1.54) is 24.5 Å². The van der Waals surface area contributed by atoms with Crippen LogP contribution >= 0.6 is 0 Å². The number of nitrogens with zero attached hydrogens (tertiary/aromatic N) is 2. The lowest BCUT2D eigenvalue weighted by atomic mass is 10.1. The minimum absolute atomic E-state index is 0.0802. The van der Waals surface area contributed by atoms with Crippen LogP contribution in [0.2, 0.25) is 0 Å². The molecule has 2 atom stereocenters. The van der Waals surface area contributed by atoms with Crippen molar-refractivity contribution in [1.82, 2.24) is 9.62 Å². The van der Waals surface area contributed by atoms with Gasteiger partial charge in [0.2, 0.25) is 10.0 Å². The SMILES string of the molecule is CN(C)S(=O)(=O)C[C@@H]1COC[C@H]1NC(=O)c1cccc(C#N)c1. The number of nitriles is 1. The van der Waals surface area contributed by atoms with E-state index < -0.39 is 10.0 Å². The second-order valence-electron chi connectivity index (χ2n) is 5.63. The average Bonchev–Trinajstić information content (AvgIpc) is 2.93. The molecule has 0 unspecified atom stereocenters. The molecule has 1 aromatic carbocycles. The lowest BCUT2D eigenvalue weighted by molar-refractivity contribution is 0.0926. The zero-order valence-electron chi connectivity index (χ0n) is 13.0. The van der Waals surface area contributed by atoms with Crippen LogP contribution in [0.5, 0.6) is 0 Å². The number of rotatable bonds is 5. The van der Waals surface area contributed by atoms with Gasteiger partial charge in [-0.25, -0.2) is 12.7 Å². The highest BCUT2D eigenvalue weighted by molar-refractivity contribution is 7.89. The number of ether oxygens (including phenoxy) is 1. The zero-order valence-corrected chi connectivity index (χ0v) is 13.8. The molecule has 0 spiro atoms. The van der Waals surface area contributed by atoms with Crippen molar-refractivity contribution in [3.63, 3.8) is 0 Å². The normalized spacial score (nSPS) is 21.1. The third-order valence-electron chi connectivity index (χ3n) is 3.75. The summed E-state index contributed by atoms with van der Waals surface area (Å²) in [6, 6.07) is 7.96. The standard InChI is InChI=1S/C15H19N3O4S/c1-18(2)23(20,21)10-13-8-22-9-14(13)17-15(19)12-5-3-4-11(6-12)7-16/h3-6,13-14H,8-10H2,1-2H3,(H,17,19)/t13-,14+/m0/s1. The summed E-state index contributed by atoms with van der Waals surface area (Å²) in [5.41, 5.74) is 0.761. The van der Waals surface area contributed by atoms with Gasteiger partial charge in [-0.3, -0.25) is 4.79 Å². The van der Waals surface area contributed by atoms with Crippen LogP contribution in [-0.4, -0.2) is 57.7 Å². The van der Waals surface area contributed by atoms with Gasteiger partial charge < -0.3 is 10.1 Å². The van der Waals surface area contributed by atoms with Crippen LogP contribution in [0.3, 0.4) is 0 Å². The van der Waals surface area contributed by atoms with E-state index in [0.717, 1.165) is 0 Å². The summed E-state index contributed by atoms with van der Waals surface area (Å²) >= 11 is 0. The molecule has 0 saturated carbocycles. The Morgan fingerprint density at radius 2 is 2.17 bits per heavy atom. The lowest BCUT2D eigenvalue weighted by Gasteiger charge is -2.21. The number of carbonyl (C=O) groups excluding carboxylic acids is 1. The summed E-state index contributed by atoms with van der Waals surface area (Å²) in [5, 5.41) is 11.7. The molecule has 7 nitrogen and oxygen atoms in total. The van der Waals surface area contributed by atoms with E-state index in [1.807, 2.05) is 6.07 Å². The first kappa shape index (κ1) is 17.4. The molecule has 1 aliphatic heterocycles. The minimum atomic E-state index is -3.37. The number of amides is 1. The maximum Gasteiger partial charge on any atom is 0.251 e. The first-order valence-electron chi connectivity index (χ1n) is 7.12. The Labute approximate surface area is 135 Å². The third-order valence-corrected chi connectivity index (χ3v) is 5.71. The third kappa shape index (κ3) is 4.28. The Bertz CT molecular complexity index is 724. The number of hydrogen-bond donors (Lipinski definition) is 1. The van der Waals surface area contributed by atoms with E-state index in [1.54, 1.807) is 18.2 Å². The summed E-state index contributed by atoms with van der Waals surface area (Å²) in [4.78, 5) is 12.3. The van der Waals surface area contributed by atoms with Gasteiger partial charge in [0, 0.05) is 25.6 Å². The molecule has 124 valence electrons. The molecule has 1 aromatic rings. The summed E-state index contributed by atoms with van der Waals surface area (Å²) in [5.74, 6) is -0.723. The second-order valence-corrected chi connectivity index (χ2v) is 7.86. The molecule has 0 bridgehead atoms. The fourth-order valence-electron chi connectivity index (χ4n) is 2.32. The van der Waals surface area contributed by atoms with Gasteiger partial charge in [0.15, 0.2) is 0 Å². The Morgan fingerprint density at radius 3 is 2.83 bits per heavy atom. The molecule has 0 aromatic heterocycles. The van der Waals surface area contributed by atoms with Crippen LogP contribution in [-0.2, 0) is 14.8 Å². The Hall–Kier alpha value is -1.95. The van der Waals surface area contributed by atoms with Gasteiger partial charge in [0.25, 0.3) is 5.91 Å². The van der Waals surface area contributed by atoms with Crippen LogP contribution in [0.15, 0.2) is 24.3 Å². The Kier molecular flexibility index (Phi) is 5.36. The van der Waals surface area contributed by atoms with Crippen molar-refractivity contribution in [2.24, 2.45) is 5.92 Å². The number of carbonyl (C=O) groups is 1. The monoisotopic (exact) mass is 337 g/mol. The summed E-state index contributed by atoms with van der Waals surface area (Å²) in [6.45, 7) is 0.563. The molecule has 23 heavy (non-hydrogen) atoms. The largest absolute Gasteiger partial charge is 0.379 e. The fraction of sp³-hybridized carbons (Fsp3) is 0.467. The van der Waals surface area contributed by atoms with E-state index in [2.05, 4.69) is 5.32 Å². The van der Waals surface area contributed by atoms with Crippen molar-refractivity contribution >= 4 is 15.9 Å². The van der Waals surface area contributed by atoms with Gasteiger partial charge in [-0.1, -0.05) is 6.07 Å². The van der Waals surface area contributed by atoms with Crippen LogP contribution < -0.4 is 5.32 Å². The maximum atomic E-state index is 12.3. The molecule has 1 amide bonds. The summed E-state index contributed by atoms with van der Waals surface area (Å²) in [6.07, 6.45) is 0. The molecule has 0 aliphatic carbocycles. The molecule has 1 aliphatic rings. The quantitative estimate of drug-likeness (QED) is 0.827. The van der Waals surface area contributed by atoms with Gasteiger partial charge >= 0.3 is 0 Å². The number of nitrogens with one attached hydrogen (secondary N) is 1. The Morgan fingerprint density at radius 1 is 1.43 bits per heavy atom. The van der Waals surface area contributed by atoms with Gasteiger partial charge in [-0.2, -0.15) is 5.26 Å². The maximum absolute atomic E-state index is 12.3. The van der Waals surface area contributed by atoms with Crippen LogP contribution in [0, 0.1) is 17.2 Å². The molecule has 1 heterocycles. The smallest absolute Gasteiger partial charge is 0.251 e. The van der Waals surface area contributed by atoms with E-state index in [9.17, 15) is 13.2 Å². The predicted octanol–water partition coefficient (Wildman–Crippen LogP) is 0.194. The highest BCUT2D eigenvalue weighted by Crippen LogP contribution is 2.18. The van der Waals surface area contributed by atoms with E-state index in [-0.39, 0.29) is 36.8 Å². The summed E-state index contributed by atoms with van der Waals surface area (Å²) in [7, 11) is -0.410. The number of sulfonamides is 1. The van der Waals surface area contributed by atoms with Gasteiger partial charge in [-0.05, 0) is 18.2 Å². The van der Waals surface area contributed by atoms with Crippen LogP contribution in [0.25, 0.3) is 0 Å². The van der Waals surface area contributed by atoms with E-state index in [0.29, 0.717) is 11.1 Å². The second kappa shape index (κ2) is 7.08. The number of hydrogen-bond acceptors (Lipinski definition) is 5. The van der Waals surface area contributed by atoms with Crippen molar-refractivity contribution in [3.8, 4) is 6.07 Å². The Balaban J connectivity index is 2.06. The van der Waals surface area contributed by atoms with Crippen molar-refractivity contribution < 1.29 is 17.9 Å². The van der Waals surface area contributed by atoms with E-state index >= 15 is 0 Å². The fourth-order valence-corrected chi connectivity index (χ4v) is 3.49. The first-order valence-corrected chi connectivity index (χ1v) is 8.73. The van der Waals surface area contributed by atoms with E-state index in [4.69, 9.17) is 10.00 Å². The molecule has 8 heteroatoms. The molecular weight excluding hydrogens is 318 g/mol. The molecule has 1 saturated heterocycles. The molecular formula is C15H19N3O4S. The topological polar surface area (TPSA) is 99.5 Å². The van der Waals surface area contributed by atoms with Gasteiger partial charge in [0.05, 0.1) is 36.6 Å². The molecule has 0 radical (unpaired) electrons. The lowest BCUT2D eigenvalue weighted by Crippen LogP contribution is -2.43. The van der Waals surface area contributed by atoms with Crippen molar-refractivity contribution in [2.75, 3.05) is 33.1 Å². The van der Waals surface area contributed by atoms with Gasteiger partial charge in [0.1, 0.15) is 0 Å². The predicted molar refractivity (Wildman–Crippen MR) is 84.2 cm³/mol. The van der Waals surface area contributed by atoms with Crippen molar-refractivity contribution in [3.05, 3.63) is 35.4 Å². The summed E-state index contributed by atoms with van der Waals surface area (Å²) < 4.78 is 30.5. The number of benzene rings is 1. The average molecular weight is 337 g/mol. The zero-order chi connectivity index (χ0) is 17.0. The highest BCUT2D eigenvalue weighted by Gasteiger charge is 2.34. The molecule has 2 rings (SSSR count). The highest BCUT2D eigenvalue weighted by atomic mass is 32.2. The molecule has 1 fully saturated rings. The van der Waals surface area contributed by atoms with Crippen LogP contribution in [0.1, 0.15) is 15.9 Å². The van der Waals surface area contributed by atoms with Crippen LogP contribution in [0.4, 0.5) is 0 Å². The first-order chi connectivity index (χ1) is 10.8. The molecule has 1 N–H and O–H groups in total. The van der Waals surface area contributed by atoms with Gasteiger partial charge in [-0.15, -0.1) is 0 Å². The van der Waals surface area contributed by atoms with Crippen molar-refractivity contribution in [2.45, 2.75) is 6.04 Å². The minimum Gasteiger partial charge on any atom is -0.379 e.